The lowest BCUT2D eigenvalue weighted by molar-refractivity contribution is 0.0138. The van der Waals surface area contributed by atoms with Gasteiger partial charge in [0, 0.05) is 24.1 Å². The number of ether oxygens (including phenoxy) is 1. The third-order valence-corrected chi connectivity index (χ3v) is 6.15. The third kappa shape index (κ3) is 2.96. The summed E-state index contributed by atoms with van der Waals surface area (Å²) in [4.78, 5) is 36.2. The van der Waals surface area contributed by atoms with Gasteiger partial charge in [-0.1, -0.05) is 6.92 Å². The predicted octanol–water partition coefficient (Wildman–Crippen LogP) is 2.64. The maximum Gasteiger partial charge on any atom is 0.410 e. The number of carbonyl (C=O) groups is 1. The highest BCUT2D eigenvalue weighted by Gasteiger charge is 2.50. The van der Waals surface area contributed by atoms with Crippen LogP contribution in [0.5, 0.6) is 0 Å². The minimum Gasteiger partial charge on any atom is -0.444 e. The number of hydrogen-bond acceptors (Lipinski definition) is 5. The first-order chi connectivity index (χ1) is 12.6. The fourth-order valence-corrected chi connectivity index (χ4v) is 4.81. The first-order valence-electron chi connectivity index (χ1n) is 9.26. The zero-order valence-corrected chi connectivity index (χ0v) is 17.6. The SMILES string of the molecule is CC1Cc2nc3nc(Br)[nH]n3c(=O)c2C12CCN(C(=O)OC(C)(C)C)CC2. The molecule has 146 valence electrons. The summed E-state index contributed by atoms with van der Waals surface area (Å²) in [6, 6.07) is 0. The molecule has 4 rings (SSSR count). The molecule has 8 nitrogen and oxygen atoms in total. The highest BCUT2D eigenvalue weighted by molar-refractivity contribution is 9.10. The average molecular weight is 438 g/mol. The summed E-state index contributed by atoms with van der Waals surface area (Å²) in [6.07, 6.45) is 1.95. The van der Waals surface area contributed by atoms with E-state index in [1.54, 1.807) is 4.90 Å². The normalized spacial score (nSPS) is 21.7. The van der Waals surface area contributed by atoms with Crippen LogP contribution in [0.3, 0.4) is 0 Å². The summed E-state index contributed by atoms with van der Waals surface area (Å²) in [7, 11) is 0. The largest absolute Gasteiger partial charge is 0.444 e. The van der Waals surface area contributed by atoms with E-state index >= 15 is 0 Å². The van der Waals surface area contributed by atoms with Crippen LogP contribution in [0.4, 0.5) is 4.79 Å². The lowest BCUT2D eigenvalue weighted by Gasteiger charge is -2.42. The van der Waals surface area contributed by atoms with Gasteiger partial charge in [0.2, 0.25) is 0 Å². The number of piperidine rings is 1. The lowest BCUT2D eigenvalue weighted by atomic mass is 9.69. The van der Waals surface area contributed by atoms with Crippen LogP contribution in [0.1, 0.15) is 51.8 Å². The van der Waals surface area contributed by atoms with Crippen molar-refractivity contribution in [2.75, 3.05) is 13.1 Å². The first kappa shape index (κ1) is 18.5. The van der Waals surface area contributed by atoms with Crippen LogP contribution in [0, 0.1) is 5.92 Å². The second-order valence-corrected chi connectivity index (χ2v) is 9.37. The Balaban J connectivity index is 1.66. The molecule has 9 heteroatoms. The number of halogens is 1. The van der Waals surface area contributed by atoms with Gasteiger partial charge in [-0.2, -0.15) is 9.50 Å². The molecule has 0 bridgehead atoms. The van der Waals surface area contributed by atoms with Crippen molar-refractivity contribution in [3.05, 3.63) is 26.3 Å². The molecular weight excluding hydrogens is 414 g/mol. The highest BCUT2D eigenvalue weighted by atomic mass is 79.9. The molecule has 1 saturated heterocycles. The molecule has 1 aliphatic heterocycles. The molecule has 0 radical (unpaired) electrons. The maximum atomic E-state index is 13.2. The van der Waals surface area contributed by atoms with Crippen molar-refractivity contribution < 1.29 is 9.53 Å². The van der Waals surface area contributed by atoms with Crippen molar-refractivity contribution in [2.45, 2.75) is 58.0 Å². The van der Waals surface area contributed by atoms with Crippen LogP contribution in [0.25, 0.3) is 5.78 Å². The Kier molecular flexibility index (Phi) is 4.14. The molecule has 1 spiro atoms. The molecule has 27 heavy (non-hydrogen) atoms. The fraction of sp³-hybridized carbons (Fsp3) is 0.667. The van der Waals surface area contributed by atoms with Crippen molar-refractivity contribution in [2.24, 2.45) is 5.92 Å². The minimum absolute atomic E-state index is 0.0803. The van der Waals surface area contributed by atoms with Gasteiger partial charge < -0.3 is 9.64 Å². The van der Waals surface area contributed by atoms with Crippen LogP contribution in [0.15, 0.2) is 9.53 Å². The highest BCUT2D eigenvalue weighted by Crippen LogP contribution is 2.48. The monoisotopic (exact) mass is 437 g/mol. The summed E-state index contributed by atoms with van der Waals surface area (Å²) >= 11 is 3.27. The van der Waals surface area contributed by atoms with Crippen molar-refractivity contribution in [1.29, 1.82) is 0 Å². The van der Waals surface area contributed by atoms with E-state index in [1.165, 1.54) is 4.52 Å². The number of aromatic amines is 1. The molecule has 1 N–H and O–H groups in total. The predicted molar refractivity (Wildman–Crippen MR) is 103 cm³/mol. The smallest absolute Gasteiger partial charge is 0.410 e. The lowest BCUT2D eigenvalue weighted by Crippen LogP contribution is -2.49. The zero-order valence-electron chi connectivity index (χ0n) is 16.0. The zero-order chi connectivity index (χ0) is 19.6. The van der Waals surface area contributed by atoms with E-state index in [1.807, 2.05) is 20.8 Å². The third-order valence-electron chi connectivity index (χ3n) is 5.79. The van der Waals surface area contributed by atoms with E-state index in [4.69, 9.17) is 4.74 Å². The van der Waals surface area contributed by atoms with Gasteiger partial charge in [0.25, 0.3) is 11.3 Å². The number of nitrogens with zero attached hydrogens (tertiary/aromatic N) is 4. The van der Waals surface area contributed by atoms with Crippen LogP contribution < -0.4 is 5.56 Å². The Labute approximate surface area is 165 Å². The molecule has 1 fully saturated rings. The molecular formula is C18H24BrN5O3. The van der Waals surface area contributed by atoms with E-state index < -0.39 is 5.60 Å². The Morgan fingerprint density at radius 1 is 1.30 bits per heavy atom. The first-order valence-corrected chi connectivity index (χ1v) is 10.1. The number of hydrogen-bond donors (Lipinski definition) is 1. The maximum absolute atomic E-state index is 13.2. The van der Waals surface area contributed by atoms with E-state index in [0.717, 1.165) is 30.5 Å². The van der Waals surface area contributed by atoms with Gasteiger partial charge in [0.1, 0.15) is 5.60 Å². The van der Waals surface area contributed by atoms with Gasteiger partial charge in [-0.25, -0.2) is 9.78 Å². The number of H-pyrrole nitrogens is 1. The second-order valence-electron chi connectivity index (χ2n) is 8.62. The number of nitrogens with one attached hydrogen (secondary N) is 1. The molecule has 3 heterocycles. The number of fused-ring (bicyclic) bond motifs is 3. The Hall–Kier alpha value is -1.90. The van der Waals surface area contributed by atoms with E-state index in [0.29, 0.717) is 29.5 Å². The van der Waals surface area contributed by atoms with Gasteiger partial charge in [-0.05, 0) is 61.9 Å². The number of amides is 1. The molecule has 2 aromatic heterocycles. The van der Waals surface area contributed by atoms with Gasteiger partial charge in [0.05, 0.1) is 5.69 Å². The molecule has 1 amide bonds. The van der Waals surface area contributed by atoms with Crippen LogP contribution in [-0.4, -0.2) is 49.3 Å². The Morgan fingerprint density at radius 2 is 1.96 bits per heavy atom. The Bertz CT molecular complexity index is 966. The van der Waals surface area contributed by atoms with Gasteiger partial charge >= 0.3 is 6.09 Å². The van der Waals surface area contributed by atoms with Gasteiger partial charge in [-0.15, -0.1) is 0 Å². The standard InChI is InChI=1S/C18H24BrN5O3/c1-10-9-11-12(13(25)24-15(20-11)21-14(19)22-24)18(10)5-7-23(8-6-18)16(26)27-17(2,3)4/h10H,5-9H2,1-4H3,(H,20,21,22). The van der Waals surface area contributed by atoms with Gasteiger partial charge in [0.15, 0.2) is 4.73 Å². The topological polar surface area (TPSA) is 92.6 Å². The van der Waals surface area contributed by atoms with Crippen molar-refractivity contribution >= 4 is 27.8 Å². The molecule has 1 aliphatic carbocycles. The number of carbonyl (C=O) groups excluding carboxylic acids is 1. The Morgan fingerprint density at radius 3 is 2.59 bits per heavy atom. The summed E-state index contributed by atoms with van der Waals surface area (Å²) < 4.78 is 7.39. The molecule has 1 atom stereocenters. The summed E-state index contributed by atoms with van der Waals surface area (Å²) in [6.45, 7) is 8.93. The molecule has 0 aromatic carbocycles. The number of likely N-dealkylation sites (tertiary alicyclic amines) is 1. The van der Waals surface area contributed by atoms with Crippen molar-refractivity contribution in [3.8, 4) is 0 Å². The van der Waals surface area contributed by atoms with E-state index in [-0.39, 0.29) is 17.1 Å². The molecule has 2 aromatic rings. The van der Waals surface area contributed by atoms with Crippen LogP contribution >= 0.6 is 15.9 Å². The molecule has 2 aliphatic rings. The van der Waals surface area contributed by atoms with Crippen molar-refractivity contribution in [3.63, 3.8) is 0 Å². The molecule has 0 saturated carbocycles. The van der Waals surface area contributed by atoms with E-state index in [9.17, 15) is 9.59 Å². The van der Waals surface area contributed by atoms with Crippen molar-refractivity contribution in [1.82, 2.24) is 24.5 Å². The van der Waals surface area contributed by atoms with Crippen LogP contribution in [-0.2, 0) is 16.6 Å². The second kappa shape index (κ2) is 6.05. The number of rotatable bonds is 0. The van der Waals surface area contributed by atoms with E-state index in [2.05, 4.69) is 37.9 Å². The summed E-state index contributed by atoms with van der Waals surface area (Å²) in [5.41, 5.74) is 0.784. The number of aromatic nitrogens is 4. The summed E-state index contributed by atoms with van der Waals surface area (Å²) in [5.74, 6) is 0.685. The fourth-order valence-electron chi connectivity index (χ4n) is 4.47. The van der Waals surface area contributed by atoms with Crippen LogP contribution in [0.2, 0.25) is 0 Å². The average Bonchev–Trinajstić information content (AvgIpc) is 3.05. The molecule has 1 unspecified atom stereocenters. The van der Waals surface area contributed by atoms with Gasteiger partial charge in [-0.3, -0.25) is 9.89 Å². The summed E-state index contributed by atoms with van der Waals surface area (Å²) in [5, 5.41) is 2.91. The quantitative estimate of drug-likeness (QED) is 0.683. The minimum atomic E-state index is -0.512.